The Balaban J connectivity index is 1.27. The summed E-state index contributed by atoms with van der Waals surface area (Å²) in [5, 5.41) is 35.5. The summed E-state index contributed by atoms with van der Waals surface area (Å²) in [6, 6.07) is 30.0. The second-order valence-corrected chi connectivity index (χ2v) is 13.2. The van der Waals surface area contributed by atoms with Crippen molar-refractivity contribution in [3.05, 3.63) is 126 Å². The van der Waals surface area contributed by atoms with Crippen molar-refractivity contribution >= 4 is 45.2 Å². The quantitative estimate of drug-likeness (QED) is 0.108. The van der Waals surface area contributed by atoms with E-state index in [0.29, 0.717) is 31.5 Å². The molecular weight excluding hydrogens is 644 g/mol. The van der Waals surface area contributed by atoms with Crippen molar-refractivity contribution < 1.29 is 29.4 Å². The molecule has 1 fully saturated rings. The van der Waals surface area contributed by atoms with Crippen LogP contribution in [0.25, 0.3) is 21.5 Å². The summed E-state index contributed by atoms with van der Waals surface area (Å²) in [5.74, 6) is -2.87. The Hall–Kier alpha value is -5.74. The molecule has 1 aliphatic rings. The first-order valence-electron chi connectivity index (χ1n) is 17.3. The molecule has 3 amide bonds. The first kappa shape index (κ1) is 35.1. The van der Waals surface area contributed by atoms with Gasteiger partial charge in [0.1, 0.15) is 23.9 Å². The van der Waals surface area contributed by atoms with Crippen LogP contribution < -0.4 is 21.3 Å². The van der Waals surface area contributed by atoms with Crippen LogP contribution in [0.2, 0.25) is 0 Å². The van der Waals surface area contributed by atoms with Gasteiger partial charge in [0, 0.05) is 25.2 Å². The van der Waals surface area contributed by atoms with Gasteiger partial charge in [0.25, 0.3) is 0 Å². The van der Waals surface area contributed by atoms with E-state index in [-0.39, 0.29) is 36.8 Å². The number of phenolic OH excluding ortho intramolecular Hbond substituents is 1. The number of carboxylic acid groups (broad SMARTS) is 1. The molecule has 5 aromatic carbocycles. The molecule has 1 heterocycles. The SMILES string of the molecule is O=C(N[C@H](Cc1ccc2ccccc2c1)C(=O)NC(Cc1ccc2ccccc2c1)C(=O)NC(Cc1ccc(O)cc1)C(=O)O)C1CCNCC1. The van der Waals surface area contributed by atoms with Gasteiger partial charge in [0.2, 0.25) is 17.7 Å². The summed E-state index contributed by atoms with van der Waals surface area (Å²) >= 11 is 0. The molecule has 3 atom stereocenters. The number of piperidine rings is 1. The topological polar surface area (TPSA) is 157 Å². The molecule has 51 heavy (non-hydrogen) atoms. The highest BCUT2D eigenvalue weighted by Crippen LogP contribution is 2.20. The van der Waals surface area contributed by atoms with Crippen molar-refractivity contribution in [2.24, 2.45) is 5.92 Å². The van der Waals surface area contributed by atoms with Crippen LogP contribution >= 0.6 is 0 Å². The van der Waals surface area contributed by atoms with Crippen molar-refractivity contribution in [2.45, 2.75) is 50.2 Å². The van der Waals surface area contributed by atoms with Gasteiger partial charge >= 0.3 is 5.97 Å². The fourth-order valence-corrected chi connectivity index (χ4v) is 6.61. The van der Waals surface area contributed by atoms with E-state index in [1.54, 1.807) is 12.1 Å². The molecule has 5 aromatic rings. The number of amides is 3. The Morgan fingerprint density at radius 1 is 0.588 bits per heavy atom. The largest absolute Gasteiger partial charge is 0.508 e. The summed E-state index contributed by atoms with van der Waals surface area (Å²) in [5.41, 5.74) is 2.21. The number of rotatable bonds is 13. The van der Waals surface area contributed by atoms with Crippen LogP contribution in [0, 0.1) is 5.92 Å². The number of carboxylic acids is 1. The highest BCUT2D eigenvalue weighted by atomic mass is 16.4. The molecule has 1 saturated heterocycles. The predicted octanol–water partition coefficient (Wildman–Crippen LogP) is 4.27. The average Bonchev–Trinajstić information content (AvgIpc) is 3.15. The zero-order valence-corrected chi connectivity index (χ0v) is 28.2. The first-order chi connectivity index (χ1) is 24.7. The fourth-order valence-electron chi connectivity index (χ4n) is 6.61. The van der Waals surface area contributed by atoms with Crippen LogP contribution in [0.3, 0.4) is 0 Å². The van der Waals surface area contributed by atoms with Gasteiger partial charge in [-0.05, 0) is 76.3 Å². The van der Waals surface area contributed by atoms with E-state index in [1.165, 1.54) is 12.1 Å². The van der Waals surface area contributed by atoms with Gasteiger partial charge in [-0.2, -0.15) is 0 Å². The van der Waals surface area contributed by atoms with Gasteiger partial charge in [-0.25, -0.2) is 4.79 Å². The van der Waals surface area contributed by atoms with Crippen LogP contribution in [0.4, 0.5) is 0 Å². The zero-order valence-electron chi connectivity index (χ0n) is 28.2. The van der Waals surface area contributed by atoms with Gasteiger partial charge in [-0.1, -0.05) is 97.1 Å². The van der Waals surface area contributed by atoms with Crippen LogP contribution in [-0.2, 0) is 38.4 Å². The van der Waals surface area contributed by atoms with E-state index in [0.717, 1.165) is 32.7 Å². The number of hydrogen-bond donors (Lipinski definition) is 6. The minimum absolute atomic E-state index is 0.0329. The second-order valence-electron chi connectivity index (χ2n) is 13.2. The minimum Gasteiger partial charge on any atom is -0.508 e. The lowest BCUT2D eigenvalue weighted by Gasteiger charge is -2.27. The number of fused-ring (bicyclic) bond motifs is 2. The Kier molecular flexibility index (Phi) is 11.2. The minimum atomic E-state index is -1.30. The van der Waals surface area contributed by atoms with Gasteiger partial charge in [-0.15, -0.1) is 0 Å². The van der Waals surface area contributed by atoms with Crippen molar-refractivity contribution in [1.29, 1.82) is 0 Å². The highest BCUT2D eigenvalue weighted by Gasteiger charge is 2.32. The molecule has 1 aliphatic heterocycles. The van der Waals surface area contributed by atoms with Crippen molar-refractivity contribution in [1.82, 2.24) is 21.3 Å². The third kappa shape index (κ3) is 9.29. The number of benzene rings is 5. The first-order valence-corrected chi connectivity index (χ1v) is 17.3. The summed E-state index contributed by atoms with van der Waals surface area (Å²) < 4.78 is 0. The molecule has 10 nitrogen and oxygen atoms in total. The molecule has 262 valence electrons. The molecule has 0 radical (unpaired) electrons. The molecule has 2 unspecified atom stereocenters. The molecule has 0 spiro atoms. The molecule has 6 rings (SSSR count). The molecule has 0 saturated carbocycles. The lowest BCUT2D eigenvalue weighted by Crippen LogP contribution is -2.57. The lowest BCUT2D eigenvalue weighted by atomic mass is 9.95. The molecule has 10 heteroatoms. The zero-order chi connectivity index (χ0) is 35.7. The molecule has 0 aromatic heterocycles. The van der Waals surface area contributed by atoms with E-state index < -0.39 is 35.9 Å². The third-order valence-electron chi connectivity index (χ3n) is 9.47. The van der Waals surface area contributed by atoms with E-state index in [4.69, 9.17) is 0 Å². The maximum atomic E-state index is 14.2. The van der Waals surface area contributed by atoms with Gasteiger partial charge in [-0.3, -0.25) is 14.4 Å². The number of aromatic hydroxyl groups is 1. The number of aliphatic carboxylic acids is 1. The number of nitrogens with one attached hydrogen (secondary N) is 4. The maximum Gasteiger partial charge on any atom is 0.326 e. The fraction of sp³-hybridized carbons (Fsp3) is 0.268. The van der Waals surface area contributed by atoms with Gasteiger partial charge in [0.15, 0.2) is 0 Å². The van der Waals surface area contributed by atoms with Crippen LogP contribution in [0.1, 0.15) is 29.5 Å². The summed E-state index contributed by atoms with van der Waals surface area (Å²) in [6.45, 7) is 1.42. The number of hydrogen-bond acceptors (Lipinski definition) is 6. The van der Waals surface area contributed by atoms with Crippen LogP contribution in [0.15, 0.2) is 109 Å². The van der Waals surface area contributed by atoms with Crippen molar-refractivity contribution in [2.75, 3.05) is 13.1 Å². The predicted molar refractivity (Wildman–Crippen MR) is 196 cm³/mol. The second kappa shape index (κ2) is 16.3. The van der Waals surface area contributed by atoms with Gasteiger partial charge in [0.05, 0.1) is 0 Å². The standard InChI is InChI=1S/C41H42N4O6/c46-34-15-11-26(12-16-34)23-37(41(50)51)45-40(49)36(25-28-10-14-30-6-2-4-8-33(30)22-28)44-39(48)35(43-38(47)31-17-19-42-20-18-31)24-27-9-13-29-5-1-3-7-32(29)21-27/h1-16,21-22,31,35-37,42,46H,17-20,23-25H2,(H,43,47)(H,44,48)(H,45,49)(H,50,51)/t35-,36?,37?/m1/s1. The van der Waals surface area contributed by atoms with E-state index >= 15 is 0 Å². The van der Waals surface area contributed by atoms with Crippen molar-refractivity contribution in [3.63, 3.8) is 0 Å². The smallest absolute Gasteiger partial charge is 0.326 e. The number of carbonyl (C=O) groups excluding carboxylic acids is 3. The van der Waals surface area contributed by atoms with Crippen molar-refractivity contribution in [3.8, 4) is 5.75 Å². The van der Waals surface area contributed by atoms with E-state index in [2.05, 4.69) is 21.3 Å². The van der Waals surface area contributed by atoms with E-state index in [9.17, 15) is 29.4 Å². The lowest BCUT2D eigenvalue weighted by molar-refractivity contribution is -0.142. The van der Waals surface area contributed by atoms with Crippen LogP contribution in [-0.4, -0.2) is 65.1 Å². The Morgan fingerprint density at radius 2 is 1.04 bits per heavy atom. The Bertz CT molecular complexity index is 2020. The normalized spacial score (nSPS) is 15.1. The number of carbonyl (C=O) groups is 4. The monoisotopic (exact) mass is 686 g/mol. The maximum absolute atomic E-state index is 14.2. The van der Waals surface area contributed by atoms with Crippen LogP contribution in [0.5, 0.6) is 5.75 Å². The number of phenols is 1. The summed E-state index contributed by atoms with van der Waals surface area (Å²) in [6.07, 6.45) is 1.55. The molecule has 0 bridgehead atoms. The Morgan fingerprint density at radius 3 is 1.57 bits per heavy atom. The molecule has 0 aliphatic carbocycles. The molecule has 6 N–H and O–H groups in total. The van der Waals surface area contributed by atoms with E-state index in [1.807, 2.05) is 84.9 Å². The third-order valence-corrected chi connectivity index (χ3v) is 9.47. The summed E-state index contributed by atoms with van der Waals surface area (Å²) in [7, 11) is 0. The summed E-state index contributed by atoms with van der Waals surface area (Å²) in [4.78, 5) is 54.0. The average molecular weight is 687 g/mol. The highest BCUT2D eigenvalue weighted by molar-refractivity contribution is 5.94. The molecular formula is C41H42N4O6. The van der Waals surface area contributed by atoms with Gasteiger partial charge < -0.3 is 31.5 Å². The Labute approximate surface area is 296 Å².